The van der Waals surface area contributed by atoms with Crippen LogP contribution in [0.15, 0.2) is 24.3 Å². The third kappa shape index (κ3) is 4.43. The summed E-state index contributed by atoms with van der Waals surface area (Å²) < 4.78 is 27.8. The normalized spacial score (nSPS) is 9.60. The second kappa shape index (κ2) is 5.99. The maximum atomic E-state index is 11.8. The van der Waals surface area contributed by atoms with Crippen LogP contribution in [0.2, 0.25) is 0 Å². The van der Waals surface area contributed by atoms with Crippen molar-refractivity contribution in [3.8, 4) is 17.6 Å². The Balaban J connectivity index is 2.61. The number of halogens is 2. The first-order chi connectivity index (χ1) is 7.22. The molecule has 0 bridgehead atoms. The van der Waals surface area contributed by atoms with Gasteiger partial charge in [0.15, 0.2) is 0 Å². The first-order valence-corrected chi connectivity index (χ1v) is 4.46. The van der Waals surface area contributed by atoms with E-state index in [0.29, 0.717) is 13.0 Å². The van der Waals surface area contributed by atoms with Gasteiger partial charge >= 0.3 is 6.61 Å². The molecule has 1 aromatic rings. The van der Waals surface area contributed by atoms with Gasteiger partial charge in [0.25, 0.3) is 0 Å². The van der Waals surface area contributed by atoms with Crippen LogP contribution in [0, 0.1) is 11.8 Å². The van der Waals surface area contributed by atoms with Crippen LogP contribution in [0.1, 0.15) is 12.0 Å². The van der Waals surface area contributed by atoms with E-state index in [4.69, 9.17) is 5.73 Å². The van der Waals surface area contributed by atoms with Gasteiger partial charge in [-0.2, -0.15) is 8.78 Å². The van der Waals surface area contributed by atoms with E-state index in [-0.39, 0.29) is 5.75 Å². The summed E-state index contributed by atoms with van der Waals surface area (Å²) in [6, 6.07) is 6.17. The van der Waals surface area contributed by atoms with Crippen LogP contribution in [0.25, 0.3) is 0 Å². The van der Waals surface area contributed by atoms with Crippen LogP contribution in [0.3, 0.4) is 0 Å². The molecule has 0 aromatic heterocycles. The number of alkyl halides is 2. The summed E-state index contributed by atoms with van der Waals surface area (Å²) in [5, 5.41) is 0. The monoisotopic (exact) mass is 211 g/mol. The average molecular weight is 211 g/mol. The molecule has 0 spiro atoms. The third-order valence-electron chi connectivity index (χ3n) is 1.58. The van der Waals surface area contributed by atoms with Crippen molar-refractivity contribution in [3.05, 3.63) is 29.8 Å². The van der Waals surface area contributed by atoms with E-state index < -0.39 is 6.61 Å². The zero-order chi connectivity index (χ0) is 11.1. The fourth-order valence-electron chi connectivity index (χ4n) is 0.956. The zero-order valence-electron chi connectivity index (χ0n) is 8.04. The number of ether oxygens (including phenoxy) is 1. The average Bonchev–Trinajstić information content (AvgIpc) is 2.20. The van der Waals surface area contributed by atoms with E-state index in [2.05, 4.69) is 16.6 Å². The van der Waals surface area contributed by atoms with Crippen molar-refractivity contribution >= 4 is 0 Å². The standard InChI is InChI=1S/C11H11F2NO/c12-11(13)15-10-6-4-9(5-7-10)3-1-2-8-14/h4-7,11H,2,8,14H2. The minimum absolute atomic E-state index is 0.134. The van der Waals surface area contributed by atoms with Crippen LogP contribution >= 0.6 is 0 Å². The van der Waals surface area contributed by atoms with Gasteiger partial charge in [-0.25, -0.2) is 0 Å². The lowest BCUT2D eigenvalue weighted by molar-refractivity contribution is -0.0498. The van der Waals surface area contributed by atoms with Crippen molar-refractivity contribution in [2.45, 2.75) is 13.0 Å². The quantitative estimate of drug-likeness (QED) is 0.776. The lowest BCUT2D eigenvalue weighted by Crippen LogP contribution is -2.01. The summed E-state index contributed by atoms with van der Waals surface area (Å²) in [7, 11) is 0. The Morgan fingerprint density at radius 2 is 1.93 bits per heavy atom. The Morgan fingerprint density at radius 3 is 2.47 bits per heavy atom. The molecule has 0 aliphatic rings. The van der Waals surface area contributed by atoms with Gasteiger partial charge in [0.1, 0.15) is 5.75 Å². The first kappa shape index (κ1) is 11.5. The van der Waals surface area contributed by atoms with Gasteiger partial charge in [0, 0.05) is 18.5 Å². The number of rotatable bonds is 3. The number of nitrogens with two attached hydrogens (primary N) is 1. The fraction of sp³-hybridized carbons (Fsp3) is 0.273. The summed E-state index contributed by atoms with van der Waals surface area (Å²) in [6.45, 7) is -2.28. The van der Waals surface area contributed by atoms with Crippen molar-refractivity contribution in [1.29, 1.82) is 0 Å². The van der Waals surface area contributed by atoms with Crippen LogP contribution < -0.4 is 10.5 Å². The van der Waals surface area contributed by atoms with Crippen LogP contribution in [0.4, 0.5) is 8.78 Å². The molecular weight excluding hydrogens is 200 g/mol. The summed E-state index contributed by atoms with van der Waals surface area (Å²) in [4.78, 5) is 0. The van der Waals surface area contributed by atoms with Gasteiger partial charge < -0.3 is 10.5 Å². The molecule has 0 amide bonds. The molecule has 0 fully saturated rings. The smallest absolute Gasteiger partial charge is 0.387 e. The molecule has 0 heterocycles. The van der Waals surface area contributed by atoms with E-state index in [0.717, 1.165) is 5.56 Å². The van der Waals surface area contributed by atoms with E-state index in [1.807, 2.05) is 0 Å². The maximum Gasteiger partial charge on any atom is 0.387 e. The van der Waals surface area contributed by atoms with E-state index in [9.17, 15) is 8.78 Å². The molecule has 0 aliphatic carbocycles. The van der Waals surface area contributed by atoms with Crippen molar-refractivity contribution in [2.75, 3.05) is 6.54 Å². The molecule has 0 saturated carbocycles. The van der Waals surface area contributed by atoms with Crippen LogP contribution in [-0.2, 0) is 0 Å². The molecule has 0 saturated heterocycles. The number of benzene rings is 1. The van der Waals surface area contributed by atoms with Gasteiger partial charge in [-0.1, -0.05) is 11.8 Å². The molecule has 1 aromatic carbocycles. The van der Waals surface area contributed by atoms with Crippen LogP contribution in [-0.4, -0.2) is 13.2 Å². The highest BCUT2D eigenvalue weighted by molar-refractivity contribution is 5.38. The highest BCUT2D eigenvalue weighted by atomic mass is 19.3. The van der Waals surface area contributed by atoms with Crippen molar-refractivity contribution in [3.63, 3.8) is 0 Å². The predicted molar refractivity (Wildman–Crippen MR) is 53.6 cm³/mol. The summed E-state index contributed by atoms with van der Waals surface area (Å²) in [5.74, 6) is 5.83. The lowest BCUT2D eigenvalue weighted by Gasteiger charge is -2.02. The number of hydrogen-bond donors (Lipinski definition) is 1. The minimum atomic E-state index is -2.79. The fourth-order valence-corrected chi connectivity index (χ4v) is 0.956. The van der Waals surface area contributed by atoms with Crippen LogP contribution in [0.5, 0.6) is 5.75 Å². The molecule has 0 radical (unpaired) electrons. The predicted octanol–water partition coefficient (Wildman–Crippen LogP) is 1.99. The molecule has 0 aliphatic heterocycles. The Hall–Kier alpha value is -1.60. The van der Waals surface area contributed by atoms with E-state index in [1.165, 1.54) is 12.1 Å². The summed E-state index contributed by atoms with van der Waals surface area (Å²) >= 11 is 0. The van der Waals surface area contributed by atoms with Crippen molar-refractivity contribution < 1.29 is 13.5 Å². The second-order valence-corrected chi connectivity index (χ2v) is 2.74. The van der Waals surface area contributed by atoms with E-state index >= 15 is 0 Å². The summed E-state index contributed by atoms with van der Waals surface area (Å²) in [5.41, 5.74) is 6.02. The molecule has 0 unspecified atom stereocenters. The molecule has 1 rings (SSSR count). The molecule has 80 valence electrons. The Morgan fingerprint density at radius 1 is 1.27 bits per heavy atom. The largest absolute Gasteiger partial charge is 0.435 e. The molecular formula is C11H11F2NO. The third-order valence-corrected chi connectivity index (χ3v) is 1.58. The highest BCUT2D eigenvalue weighted by Crippen LogP contribution is 2.14. The van der Waals surface area contributed by atoms with Gasteiger partial charge in [-0.15, -0.1) is 0 Å². The molecule has 2 nitrogen and oxygen atoms in total. The van der Waals surface area contributed by atoms with Gasteiger partial charge in [-0.05, 0) is 24.3 Å². The molecule has 15 heavy (non-hydrogen) atoms. The van der Waals surface area contributed by atoms with Crippen molar-refractivity contribution in [1.82, 2.24) is 0 Å². The summed E-state index contributed by atoms with van der Waals surface area (Å²) in [6.07, 6.45) is 0.620. The zero-order valence-corrected chi connectivity index (χ0v) is 8.04. The SMILES string of the molecule is NCCC#Cc1ccc(OC(F)F)cc1. The molecule has 2 N–H and O–H groups in total. The first-order valence-electron chi connectivity index (χ1n) is 4.46. The maximum absolute atomic E-state index is 11.8. The van der Waals surface area contributed by atoms with Gasteiger partial charge in [0.2, 0.25) is 0 Å². The Bertz CT molecular complexity index is 351. The van der Waals surface area contributed by atoms with Gasteiger partial charge in [0.05, 0.1) is 0 Å². The second-order valence-electron chi connectivity index (χ2n) is 2.74. The molecule has 0 atom stereocenters. The number of hydrogen-bond acceptors (Lipinski definition) is 2. The Kier molecular flexibility index (Phi) is 4.58. The van der Waals surface area contributed by atoms with Gasteiger partial charge in [-0.3, -0.25) is 0 Å². The minimum Gasteiger partial charge on any atom is -0.435 e. The Labute approximate surface area is 87.0 Å². The highest BCUT2D eigenvalue weighted by Gasteiger charge is 2.02. The lowest BCUT2D eigenvalue weighted by atomic mass is 10.2. The molecule has 4 heteroatoms. The van der Waals surface area contributed by atoms with Crippen molar-refractivity contribution in [2.24, 2.45) is 5.73 Å². The topological polar surface area (TPSA) is 35.2 Å². The van der Waals surface area contributed by atoms with E-state index in [1.54, 1.807) is 12.1 Å².